The fraction of sp³-hybridized carbons (Fsp3) is 0.594. The van der Waals surface area contributed by atoms with Crippen LogP contribution in [0.2, 0.25) is 5.02 Å². The Morgan fingerprint density at radius 2 is 1.95 bits per heavy atom. The van der Waals surface area contributed by atoms with Crippen molar-refractivity contribution in [3.8, 4) is 5.75 Å². The van der Waals surface area contributed by atoms with Gasteiger partial charge in [0, 0.05) is 26.5 Å². The van der Waals surface area contributed by atoms with Crippen LogP contribution in [-0.2, 0) is 35.0 Å². The smallest absolute Gasteiger partial charge is 0.409 e. The zero-order valence-electron chi connectivity index (χ0n) is 26.5. The number of halogens is 1. The third-order valence-electron chi connectivity index (χ3n) is 8.68. The van der Waals surface area contributed by atoms with Crippen LogP contribution in [0.4, 0.5) is 10.5 Å². The number of rotatable bonds is 4. The molecule has 2 amide bonds. The molecule has 0 aromatic heterocycles. The van der Waals surface area contributed by atoms with Crippen molar-refractivity contribution in [2.24, 2.45) is 11.8 Å². The molecule has 0 spiro atoms. The summed E-state index contributed by atoms with van der Waals surface area (Å²) in [5.41, 5.74) is -0.587. The van der Waals surface area contributed by atoms with Crippen LogP contribution in [0.5, 0.6) is 5.75 Å². The molecule has 0 saturated carbocycles. The molecule has 2 saturated heterocycles. The molecule has 4 bridgehead atoms. The van der Waals surface area contributed by atoms with Gasteiger partial charge >= 0.3 is 12.1 Å². The highest BCUT2D eigenvalue weighted by molar-refractivity contribution is 6.35. The maximum Gasteiger partial charge on any atom is 0.409 e. The van der Waals surface area contributed by atoms with Crippen LogP contribution in [0.25, 0.3) is 0 Å². The van der Waals surface area contributed by atoms with Crippen LogP contribution in [0.1, 0.15) is 53.0 Å². The number of anilines is 1. The molecular weight excluding hydrogens is 592 g/mol. The van der Waals surface area contributed by atoms with Gasteiger partial charge in [-0.05, 0) is 38.0 Å². The highest BCUT2D eigenvalue weighted by atomic mass is 35.5. The summed E-state index contributed by atoms with van der Waals surface area (Å²) < 4.78 is 28.8. The number of hydrogen-bond acceptors (Lipinski definition) is 9. The lowest BCUT2D eigenvalue weighted by atomic mass is 9.83. The van der Waals surface area contributed by atoms with E-state index in [1.807, 2.05) is 32.1 Å². The van der Waals surface area contributed by atoms with Crippen LogP contribution in [0.3, 0.4) is 0 Å². The number of alkyl carbamates (subject to hydrolysis) is 1. The van der Waals surface area contributed by atoms with Crippen LogP contribution >= 0.6 is 11.6 Å². The summed E-state index contributed by atoms with van der Waals surface area (Å²) in [6.45, 7) is 8.95. The zero-order valence-corrected chi connectivity index (χ0v) is 27.3. The first-order valence-electron chi connectivity index (χ1n) is 14.7. The van der Waals surface area contributed by atoms with Gasteiger partial charge in [-0.15, -0.1) is 0 Å². The highest BCUT2D eigenvalue weighted by Crippen LogP contribution is 2.49. The Balaban J connectivity index is 1.80. The summed E-state index contributed by atoms with van der Waals surface area (Å²) in [5.74, 6) is -1.30. The Hall–Kier alpha value is -3.12. The number of methoxy groups -OCH3 is 2. The molecule has 242 valence electrons. The number of ether oxygens (including phenoxy) is 5. The molecule has 0 aliphatic carbocycles. The van der Waals surface area contributed by atoms with Gasteiger partial charge in [0.2, 0.25) is 5.91 Å². The topological polar surface area (TPSA) is 136 Å². The molecule has 1 aromatic rings. The first-order chi connectivity index (χ1) is 20.6. The number of aliphatic hydroxyl groups is 1. The molecule has 0 unspecified atom stereocenters. The molecule has 4 rings (SSSR count). The molecule has 7 atom stereocenters. The van der Waals surface area contributed by atoms with Crippen molar-refractivity contribution in [3.63, 3.8) is 0 Å². The number of nitrogens with one attached hydrogen (secondary N) is 1. The summed E-state index contributed by atoms with van der Waals surface area (Å²) >= 11 is 6.68. The van der Waals surface area contributed by atoms with Gasteiger partial charge in [-0.25, -0.2) is 4.79 Å². The van der Waals surface area contributed by atoms with Gasteiger partial charge in [-0.1, -0.05) is 56.2 Å². The number of carbonyl (C=O) groups excluding carboxylic acids is 3. The largest absolute Gasteiger partial charge is 0.495 e. The summed E-state index contributed by atoms with van der Waals surface area (Å²) in [6, 6.07) is 3.63. The molecule has 1 aromatic carbocycles. The van der Waals surface area contributed by atoms with E-state index in [1.54, 1.807) is 40.0 Å². The Labute approximate surface area is 263 Å². The van der Waals surface area contributed by atoms with Gasteiger partial charge in [0.1, 0.15) is 34.7 Å². The van der Waals surface area contributed by atoms with Crippen LogP contribution in [-0.4, -0.2) is 80.1 Å². The quantitative estimate of drug-likeness (QED) is 0.366. The standard InChI is InChI=1S/C32H43ClN2O9/c1-17(2)29(37)43-25-15-26(36)35(6)21-13-20(14-22(40-7)27(21)33)12-18(3)10-9-11-24(41-8)32(39)16-23(42-30(38)34-32)19(4)28-31(25,5)44-28/h9-11,13-14,17,19,23-25,28,39H,12,15-16H2,1-8H3,(H,34,38)/b11-9+,18-10-/t19-,23+,24-,25-,28+,31-,32-/m0/s1. The van der Waals surface area contributed by atoms with Crippen molar-refractivity contribution in [2.75, 3.05) is 26.2 Å². The Morgan fingerprint density at radius 3 is 2.59 bits per heavy atom. The van der Waals surface area contributed by atoms with E-state index in [-0.39, 0.29) is 23.8 Å². The number of epoxide rings is 1. The van der Waals surface area contributed by atoms with Gasteiger partial charge in [-0.3, -0.25) is 14.9 Å². The SMILES string of the molecule is COc1cc2cc(c1Cl)N(C)C(=O)C[C@H](OC(=O)C(C)C)[C@]1(C)O[C@@H]1[C@@H](C)[C@H]1C[C@@](O)(NC(=O)O1)[C@@H](OC)/C=C/C=C(/C)C2. The average Bonchev–Trinajstić information content (AvgIpc) is 3.66. The predicted molar refractivity (Wildman–Crippen MR) is 164 cm³/mol. The van der Waals surface area contributed by atoms with Gasteiger partial charge in [-0.2, -0.15) is 0 Å². The van der Waals surface area contributed by atoms with Gasteiger partial charge < -0.3 is 33.7 Å². The number of nitrogens with zero attached hydrogens (tertiary/aromatic N) is 1. The van der Waals surface area contributed by atoms with Crippen molar-refractivity contribution in [1.82, 2.24) is 5.32 Å². The first kappa shape index (κ1) is 33.8. The Bertz CT molecular complexity index is 1350. The minimum Gasteiger partial charge on any atom is -0.495 e. The lowest BCUT2D eigenvalue weighted by Crippen LogP contribution is -2.63. The maximum absolute atomic E-state index is 13.8. The second-order valence-electron chi connectivity index (χ2n) is 12.4. The van der Waals surface area contributed by atoms with Crippen molar-refractivity contribution in [3.05, 3.63) is 46.5 Å². The average molecular weight is 635 g/mol. The van der Waals surface area contributed by atoms with Crippen molar-refractivity contribution in [2.45, 2.75) is 89.6 Å². The molecule has 2 fully saturated rings. The molecule has 12 heteroatoms. The minimum atomic E-state index is -1.77. The fourth-order valence-electron chi connectivity index (χ4n) is 5.88. The summed E-state index contributed by atoms with van der Waals surface area (Å²) in [6.07, 6.45) is 1.65. The number of amides is 2. The number of fused-ring (bicyclic) bond motifs is 5. The zero-order chi connectivity index (χ0) is 32.6. The predicted octanol–water partition coefficient (Wildman–Crippen LogP) is 4.32. The Kier molecular flexibility index (Phi) is 10.0. The van der Waals surface area contributed by atoms with Crippen LogP contribution in [0, 0.1) is 11.8 Å². The molecule has 3 aliphatic heterocycles. The van der Waals surface area contributed by atoms with E-state index in [2.05, 4.69) is 5.32 Å². The number of hydrogen-bond donors (Lipinski definition) is 2. The molecule has 3 heterocycles. The first-order valence-corrected chi connectivity index (χ1v) is 15.1. The number of allylic oxidation sites excluding steroid dienone is 3. The third-order valence-corrected chi connectivity index (χ3v) is 9.06. The van der Waals surface area contributed by atoms with E-state index in [0.717, 1.165) is 11.1 Å². The minimum absolute atomic E-state index is 0.00361. The summed E-state index contributed by atoms with van der Waals surface area (Å²) in [5, 5.41) is 14.4. The van der Waals surface area contributed by atoms with Crippen molar-refractivity contribution >= 4 is 35.3 Å². The second kappa shape index (κ2) is 13.1. The van der Waals surface area contributed by atoms with E-state index in [0.29, 0.717) is 17.9 Å². The normalized spacial score (nSPS) is 34.7. The fourth-order valence-corrected chi connectivity index (χ4v) is 6.19. The second-order valence-corrected chi connectivity index (χ2v) is 12.8. The van der Waals surface area contributed by atoms with E-state index >= 15 is 0 Å². The summed E-state index contributed by atoms with van der Waals surface area (Å²) in [7, 11) is 4.56. The Morgan fingerprint density at radius 1 is 1.25 bits per heavy atom. The van der Waals surface area contributed by atoms with E-state index in [9.17, 15) is 19.5 Å². The van der Waals surface area contributed by atoms with Crippen LogP contribution < -0.4 is 15.0 Å². The number of benzene rings is 1. The molecule has 11 nitrogen and oxygen atoms in total. The molecular formula is C32H43ClN2O9. The van der Waals surface area contributed by atoms with Crippen molar-refractivity contribution in [1.29, 1.82) is 0 Å². The monoisotopic (exact) mass is 634 g/mol. The lowest BCUT2D eigenvalue weighted by Gasteiger charge is -2.42. The van der Waals surface area contributed by atoms with Crippen LogP contribution in [0.15, 0.2) is 35.9 Å². The van der Waals surface area contributed by atoms with Gasteiger partial charge in [0.15, 0.2) is 5.72 Å². The highest BCUT2D eigenvalue weighted by Gasteiger charge is 2.64. The number of carbonyl (C=O) groups is 3. The third kappa shape index (κ3) is 6.91. The number of esters is 1. The molecule has 2 N–H and O–H groups in total. The van der Waals surface area contributed by atoms with E-state index in [1.165, 1.54) is 19.1 Å². The van der Waals surface area contributed by atoms with Gasteiger partial charge in [0.25, 0.3) is 0 Å². The van der Waals surface area contributed by atoms with E-state index < -0.39 is 59.6 Å². The van der Waals surface area contributed by atoms with Crippen molar-refractivity contribution < 1.29 is 43.2 Å². The molecule has 44 heavy (non-hydrogen) atoms. The molecule has 0 radical (unpaired) electrons. The maximum atomic E-state index is 13.8. The summed E-state index contributed by atoms with van der Waals surface area (Å²) in [4.78, 5) is 40.7. The van der Waals surface area contributed by atoms with E-state index in [4.69, 9.17) is 35.3 Å². The molecule has 3 aliphatic rings. The van der Waals surface area contributed by atoms with Gasteiger partial charge in [0.05, 0.1) is 31.2 Å². The lowest BCUT2D eigenvalue weighted by molar-refractivity contribution is -0.157.